The molecule has 0 aliphatic heterocycles. The number of thiazole rings is 1. The van der Waals surface area contributed by atoms with Gasteiger partial charge in [0, 0.05) is 10.8 Å². The van der Waals surface area contributed by atoms with Crippen LogP contribution in [0.5, 0.6) is 0 Å². The molecule has 0 radical (unpaired) electrons. The summed E-state index contributed by atoms with van der Waals surface area (Å²) in [7, 11) is 0. The molecule has 2 aromatic heterocycles. The molecule has 5 rings (SSSR count). The fourth-order valence-corrected chi connectivity index (χ4v) is 6.30. The van der Waals surface area contributed by atoms with Crippen molar-refractivity contribution in [3.8, 4) is 11.4 Å². The van der Waals surface area contributed by atoms with E-state index in [1.54, 1.807) is 21.3 Å². The van der Waals surface area contributed by atoms with Gasteiger partial charge in [-0.15, -0.1) is 0 Å². The van der Waals surface area contributed by atoms with Gasteiger partial charge in [0.25, 0.3) is 5.56 Å². The summed E-state index contributed by atoms with van der Waals surface area (Å²) in [6.07, 6.45) is 0. The number of aryl methyl sites for hydroxylation is 2. The molecule has 0 bridgehead atoms. The van der Waals surface area contributed by atoms with Crippen molar-refractivity contribution in [3.63, 3.8) is 0 Å². The Bertz CT molecular complexity index is 1690. The average molecular weight is 540 g/mol. The zero-order valence-corrected chi connectivity index (χ0v) is 22.0. The van der Waals surface area contributed by atoms with Crippen LogP contribution in [-0.2, 0) is 5.75 Å². The molecule has 9 heteroatoms. The van der Waals surface area contributed by atoms with E-state index in [2.05, 4.69) is 0 Å². The van der Waals surface area contributed by atoms with Crippen LogP contribution >= 0.6 is 46.9 Å². The van der Waals surface area contributed by atoms with Crippen LogP contribution in [0, 0.1) is 23.6 Å². The molecule has 0 N–H and O–H groups in total. The van der Waals surface area contributed by atoms with Gasteiger partial charge < -0.3 is 0 Å². The molecule has 0 aliphatic carbocycles. The van der Waals surface area contributed by atoms with Gasteiger partial charge in [0.2, 0.25) is 0 Å². The monoisotopic (exact) mass is 539 g/mol. The Hall–Kier alpha value is -2.78. The fourth-order valence-electron chi connectivity index (χ4n) is 3.72. The van der Waals surface area contributed by atoms with Crippen LogP contribution in [0.3, 0.4) is 0 Å². The summed E-state index contributed by atoms with van der Waals surface area (Å²) in [6.45, 7) is 3.87. The Labute approximate surface area is 219 Å². The van der Waals surface area contributed by atoms with Crippen LogP contribution in [-0.4, -0.2) is 14.1 Å². The van der Waals surface area contributed by atoms with E-state index in [4.69, 9.17) is 28.8 Å². The second-order valence-electron chi connectivity index (χ2n) is 8.06. The van der Waals surface area contributed by atoms with Crippen LogP contribution in [0.15, 0.2) is 76.7 Å². The molecule has 0 saturated heterocycles. The van der Waals surface area contributed by atoms with E-state index in [0.717, 1.165) is 28.0 Å². The lowest BCUT2D eigenvalue weighted by atomic mass is 10.2. The first-order valence-electron chi connectivity index (χ1n) is 10.7. The molecule has 0 atom stereocenters. The largest absolute Gasteiger partial charge is 0.278 e. The minimum Gasteiger partial charge on any atom is -0.272 e. The third-order valence-electron chi connectivity index (χ3n) is 5.53. The number of hydrogen-bond acceptors (Lipinski definition) is 5. The van der Waals surface area contributed by atoms with Crippen LogP contribution in [0.4, 0.5) is 4.39 Å². The summed E-state index contributed by atoms with van der Waals surface area (Å²) in [4.78, 5) is 18.7. The Morgan fingerprint density at radius 3 is 2.49 bits per heavy atom. The quantitative estimate of drug-likeness (QED) is 0.130. The second kappa shape index (κ2) is 9.70. The van der Waals surface area contributed by atoms with Gasteiger partial charge in [0.05, 0.1) is 11.4 Å². The lowest BCUT2D eigenvalue weighted by Gasteiger charge is -2.14. The van der Waals surface area contributed by atoms with Gasteiger partial charge >= 0.3 is 0 Å². The van der Waals surface area contributed by atoms with Gasteiger partial charge in [-0.1, -0.05) is 76.7 Å². The normalized spacial score (nSPS) is 11.3. The topological polar surface area (TPSA) is 39.8 Å². The number of thioether (sulfide) groups is 1. The first-order valence-corrected chi connectivity index (χ1v) is 13.3. The first kappa shape index (κ1) is 23.9. The van der Waals surface area contributed by atoms with Crippen molar-refractivity contribution in [1.29, 1.82) is 0 Å². The van der Waals surface area contributed by atoms with Gasteiger partial charge in [-0.05, 0) is 67.5 Å². The van der Waals surface area contributed by atoms with Crippen LogP contribution < -0.4 is 5.56 Å². The highest BCUT2D eigenvalue weighted by Crippen LogP contribution is 2.31. The summed E-state index contributed by atoms with van der Waals surface area (Å²) in [5.41, 5.74) is 3.97. The van der Waals surface area contributed by atoms with Crippen molar-refractivity contribution in [2.75, 3.05) is 0 Å². The molecule has 0 amide bonds. The highest BCUT2D eigenvalue weighted by atomic mass is 35.5. The zero-order valence-electron chi connectivity index (χ0n) is 18.8. The number of fused-ring (bicyclic) bond motifs is 1. The minimum atomic E-state index is -0.429. The maximum atomic E-state index is 14.8. The van der Waals surface area contributed by atoms with Crippen molar-refractivity contribution in [1.82, 2.24) is 14.1 Å². The van der Waals surface area contributed by atoms with Gasteiger partial charge in [-0.3, -0.25) is 13.9 Å². The summed E-state index contributed by atoms with van der Waals surface area (Å²) < 4.78 is 18.7. The third-order valence-corrected chi connectivity index (χ3v) is 8.23. The number of benzene rings is 3. The molecule has 2 heterocycles. The smallest absolute Gasteiger partial charge is 0.272 e. The lowest BCUT2D eigenvalue weighted by Crippen LogP contribution is -2.21. The number of halogens is 2. The van der Waals surface area contributed by atoms with Gasteiger partial charge in [-0.2, -0.15) is 0 Å². The van der Waals surface area contributed by atoms with E-state index in [9.17, 15) is 9.18 Å². The highest BCUT2D eigenvalue weighted by Gasteiger charge is 2.20. The Kier molecular flexibility index (Phi) is 6.63. The summed E-state index contributed by atoms with van der Waals surface area (Å²) in [5, 5.41) is 1.12. The molecule has 0 fully saturated rings. The van der Waals surface area contributed by atoms with Gasteiger partial charge in [-0.25, -0.2) is 9.37 Å². The average Bonchev–Trinajstić information content (AvgIpc) is 3.17. The second-order valence-corrected chi connectivity index (χ2v) is 11.1. The standard InChI is InChI=1S/C26H19ClFN3OS3/c1-15-7-10-18(11-8-15)30-24(32)22-23(29-25(30)34-14-17-5-3-4-6-19(17)27)31(26(33)35-22)21-13-16(2)9-12-20(21)28/h3-13H,14H2,1-2H3. The van der Waals surface area contributed by atoms with E-state index in [1.165, 1.54) is 17.8 Å². The molecule has 4 nitrogen and oxygen atoms in total. The van der Waals surface area contributed by atoms with Crippen molar-refractivity contribution >= 4 is 57.3 Å². The Balaban J connectivity index is 1.76. The maximum absolute atomic E-state index is 14.8. The zero-order chi connectivity index (χ0) is 24.7. The SMILES string of the molecule is Cc1ccc(-n2c(SCc3ccccc3Cl)nc3c(sc(=S)n3-c3cc(C)ccc3F)c2=O)cc1. The van der Waals surface area contributed by atoms with Crippen molar-refractivity contribution in [2.45, 2.75) is 24.8 Å². The van der Waals surface area contributed by atoms with Crippen molar-refractivity contribution in [2.24, 2.45) is 0 Å². The molecular weight excluding hydrogens is 521 g/mol. The number of aromatic nitrogens is 3. The van der Waals surface area contributed by atoms with Gasteiger partial charge in [0.15, 0.2) is 14.8 Å². The predicted octanol–water partition coefficient (Wildman–Crippen LogP) is 7.67. The minimum absolute atomic E-state index is 0.247. The fraction of sp³-hybridized carbons (Fsp3) is 0.115. The predicted molar refractivity (Wildman–Crippen MR) is 146 cm³/mol. The third kappa shape index (κ3) is 4.59. The molecule has 0 unspecified atom stereocenters. The molecule has 0 spiro atoms. The van der Waals surface area contributed by atoms with E-state index < -0.39 is 5.82 Å². The Morgan fingerprint density at radius 2 is 1.74 bits per heavy atom. The molecule has 5 aromatic rings. The van der Waals surface area contributed by atoms with Crippen LogP contribution in [0.2, 0.25) is 5.02 Å². The maximum Gasteiger partial charge on any atom is 0.278 e. The number of nitrogens with zero attached hydrogens (tertiary/aromatic N) is 3. The molecule has 0 saturated carbocycles. The van der Waals surface area contributed by atoms with E-state index in [0.29, 0.717) is 35.9 Å². The molecular formula is C26H19ClFN3OS3. The number of rotatable bonds is 5. The van der Waals surface area contributed by atoms with Gasteiger partial charge in [0.1, 0.15) is 10.5 Å². The van der Waals surface area contributed by atoms with Crippen LogP contribution in [0.25, 0.3) is 21.7 Å². The number of hydrogen-bond donors (Lipinski definition) is 0. The van der Waals surface area contributed by atoms with Crippen LogP contribution in [0.1, 0.15) is 16.7 Å². The molecule has 0 aliphatic rings. The van der Waals surface area contributed by atoms with E-state index in [1.807, 2.05) is 62.4 Å². The summed E-state index contributed by atoms with van der Waals surface area (Å²) in [5.74, 6) is 0.0776. The molecule has 35 heavy (non-hydrogen) atoms. The first-order chi connectivity index (χ1) is 16.8. The summed E-state index contributed by atoms with van der Waals surface area (Å²) in [6, 6.07) is 20.0. The summed E-state index contributed by atoms with van der Waals surface area (Å²) >= 11 is 14.5. The Morgan fingerprint density at radius 1 is 1.03 bits per heavy atom. The molecule has 176 valence electrons. The van der Waals surface area contributed by atoms with Crippen molar-refractivity contribution in [3.05, 3.63) is 109 Å². The van der Waals surface area contributed by atoms with Crippen molar-refractivity contribution < 1.29 is 4.39 Å². The lowest BCUT2D eigenvalue weighted by molar-refractivity contribution is 0.618. The van der Waals surface area contributed by atoms with E-state index in [-0.39, 0.29) is 11.2 Å². The highest BCUT2D eigenvalue weighted by molar-refractivity contribution is 7.98. The van der Waals surface area contributed by atoms with E-state index >= 15 is 0 Å². The molecule has 3 aromatic carbocycles.